The number of nitrogens with one attached hydrogen (secondary N) is 1. The van der Waals surface area contributed by atoms with Gasteiger partial charge in [-0.2, -0.15) is 0 Å². The zero-order valence-corrected chi connectivity index (χ0v) is 36.0. The lowest BCUT2D eigenvalue weighted by Crippen LogP contribution is -2.17. The van der Waals surface area contributed by atoms with Crippen LogP contribution in [0.4, 0.5) is 0 Å². The van der Waals surface area contributed by atoms with Crippen LogP contribution in [-0.4, -0.2) is 60.7 Å². The van der Waals surface area contributed by atoms with Gasteiger partial charge in [0.1, 0.15) is 28.8 Å². The van der Waals surface area contributed by atoms with E-state index in [1.54, 1.807) is 53.1 Å². The third kappa shape index (κ3) is 12.6. The number of benzene rings is 5. The van der Waals surface area contributed by atoms with Crippen LogP contribution in [0.1, 0.15) is 83.2 Å². The molecule has 12 heteroatoms. The lowest BCUT2D eigenvalue weighted by Gasteiger charge is -2.16. The molecule has 0 saturated carbocycles. The third-order valence-corrected chi connectivity index (χ3v) is 10.3. The first-order chi connectivity index (χ1) is 31.1. The Kier molecular flexibility index (Phi) is 16.6. The number of hydrogen-bond donors (Lipinski definition) is 1. The Morgan fingerprint density at radius 2 is 1.05 bits per heavy atom. The summed E-state index contributed by atoms with van der Waals surface area (Å²) in [6.45, 7) is 10.5. The quantitative estimate of drug-likeness (QED) is 0.0164. The van der Waals surface area contributed by atoms with Gasteiger partial charge in [-0.1, -0.05) is 43.0 Å². The van der Waals surface area contributed by atoms with E-state index in [0.717, 1.165) is 90.9 Å². The Hall–Kier alpha value is -7.47. The average molecular weight is 865 g/mol. The van der Waals surface area contributed by atoms with Crippen molar-refractivity contribution >= 4 is 51.5 Å². The molecule has 6 aromatic rings. The Bertz CT molecular complexity index is 2610. The second-order valence-corrected chi connectivity index (χ2v) is 15.0. The third-order valence-electron chi connectivity index (χ3n) is 10.3. The number of aromatic nitrogens is 1. The summed E-state index contributed by atoms with van der Waals surface area (Å²) in [4.78, 5) is 49.4. The first kappa shape index (κ1) is 46.0. The number of carbonyl (C=O) groups is 4. The molecule has 0 bridgehead atoms. The second kappa shape index (κ2) is 23.1. The molecular formula is C52H52N2O10. The number of nitrogens with zero attached hydrogens (tertiary/aromatic N) is 1. The van der Waals surface area contributed by atoms with Crippen LogP contribution in [0.3, 0.4) is 0 Å². The van der Waals surface area contributed by atoms with Crippen LogP contribution in [0.25, 0.3) is 21.8 Å². The van der Waals surface area contributed by atoms with Crippen molar-refractivity contribution in [2.24, 2.45) is 0 Å². The maximum Gasteiger partial charge on any atom is 0.343 e. The molecule has 0 radical (unpaired) electrons. The largest absolute Gasteiger partial charge is 0.494 e. The van der Waals surface area contributed by atoms with Gasteiger partial charge in [-0.25, -0.2) is 19.2 Å². The number of ether oxygens (including phenoxy) is 6. The van der Waals surface area contributed by atoms with Gasteiger partial charge in [0.05, 0.1) is 54.2 Å². The summed E-state index contributed by atoms with van der Waals surface area (Å²) in [5.41, 5.74) is 3.43. The molecule has 330 valence electrons. The Morgan fingerprint density at radius 1 is 0.547 bits per heavy atom. The predicted octanol–water partition coefficient (Wildman–Crippen LogP) is 10.8. The number of esters is 4. The summed E-state index contributed by atoms with van der Waals surface area (Å²) in [6.07, 6.45) is 9.07. The van der Waals surface area contributed by atoms with Crippen LogP contribution in [0.5, 0.6) is 23.0 Å². The zero-order chi connectivity index (χ0) is 45.3. The summed E-state index contributed by atoms with van der Waals surface area (Å²) in [5.74, 6) is -0.633. The molecule has 1 N–H and O–H groups in total. The number of aryl methyl sites for hydroxylation is 1. The molecule has 64 heavy (non-hydrogen) atoms. The monoisotopic (exact) mass is 864 g/mol. The zero-order valence-electron chi connectivity index (χ0n) is 36.0. The second-order valence-electron chi connectivity index (χ2n) is 15.0. The summed E-state index contributed by atoms with van der Waals surface area (Å²) < 4.78 is 35.3. The molecule has 1 aromatic heterocycles. The fraction of sp³-hybridized carbons (Fsp3) is 0.250. The maximum absolute atomic E-state index is 13.6. The fourth-order valence-electron chi connectivity index (χ4n) is 6.95. The van der Waals surface area contributed by atoms with E-state index in [9.17, 15) is 24.6 Å². The van der Waals surface area contributed by atoms with Crippen molar-refractivity contribution in [3.8, 4) is 23.0 Å². The van der Waals surface area contributed by atoms with Crippen molar-refractivity contribution in [1.29, 1.82) is 5.41 Å². The topological polar surface area (TPSA) is 152 Å². The van der Waals surface area contributed by atoms with Crippen LogP contribution < -0.4 is 18.9 Å². The molecule has 12 nitrogen and oxygen atoms in total. The van der Waals surface area contributed by atoms with Gasteiger partial charge < -0.3 is 28.4 Å². The van der Waals surface area contributed by atoms with Gasteiger partial charge in [0.2, 0.25) is 0 Å². The van der Waals surface area contributed by atoms with E-state index in [0.29, 0.717) is 43.5 Å². The van der Waals surface area contributed by atoms with E-state index in [2.05, 4.69) is 19.2 Å². The van der Waals surface area contributed by atoms with E-state index in [-0.39, 0.29) is 28.5 Å². The highest BCUT2D eigenvalue weighted by molar-refractivity contribution is 6.18. The Labute approximate surface area is 372 Å². The van der Waals surface area contributed by atoms with Crippen molar-refractivity contribution in [3.63, 3.8) is 0 Å². The van der Waals surface area contributed by atoms with Crippen molar-refractivity contribution in [3.05, 3.63) is 157 Å². The summed E-state index contributed by atoms with van der Waals surface area (Å²) in [6, 6.07) is 31.7. The highest BCUT2D eigenvalue weighted by atomic mass is 16.5. The smallest absolute Gasteiger partial charge is 0.343 e. The van der Waals surface area contributed by atoms with Gasteiger partial charge in [0, 0.05) is 22.9 Å². The van der Waals surface area contributed by atoms with Crippen molar-refractivity contribution in [1.82, 2.24) is 4.57 Å². The molecule has 0 amide bonds. The van der Waals surface area contributed by atoms with Crippen molar-refractivity contribution in [2.75, 3.05) is 26.4 Å². The van der Waals surface area contributed by atoms with Gasteiger partial charge in [-0.3, -0.25) is 9.98 Å². The summed E-state index contributed by atoms with van der Waals surface area (Å²) >= 11 is 0. The van der Waals surface area contributed by atoms with Gasteiger partial charge in [0.25, 0.3) is 0 Å². The number of fused-ring (bicyclic) bond motifs is 3. The Morgan fingerprint density at radius 3 is 1.61 bits per heavy atom. The number of hydrogen-bond acceptors (Lipinski definition) is 11. The molecule has 0 aliphatic carbocycles. The lowest BCUT2D eigenvalue weighted by atomic mass is 10.1. The molecule has 0 aliphatic heterocycles. The van der Waals surface area contributed by atoms with E-state index in [4.69, 9.17) is 28.4 Å². The minimum absolute atomic E-state index is 0.00917. The molecule has 0 aliphatic rings. The summed E-state index contributed by atoms with van der Waals surface area (Å²) in [5, 5.41) is 11.6. The summed E-state index contributed by atoms with van der Waals surface area (Å²) in [7, 11) is 0. The van der Waals surface area contributed by atoms with E-state index in [1.165, 1.54) is 18.2 Å². The predicted molar refractivity (Wildman–Crippen MR) is 246 cm³/mol. The van der Waals surface area contributed by atoms with Gasteiger partial charge in [-0.05, 0) is 143 Å². The normalized spacial score (nSPS) is 10.8. The molecule has 5 aromatic carbocycles. The average Bonchev–Trinajstić information content (AvgIpc) is 3.64. The first-order valence-electron chi connectivity index (χ1n) is 21.4. The maximum atomic E-state index is 13.6. The highest BCUT2D eigenvalue weighted by Gasteiger charge is 2.22. The highest BCUT2D eigenvalue weighted by Crippen LogP contribution is 2.34. The van der Waals surface area contributed by atoms with Crippen LogP contribution in [0, 0.1) is 12.3 Å². The Balaban J connectivity index is 1.13. The SMILES string of the molecule is C=CC(=O)OCCCCCCOc1ccc(C(=O)Oc2ccc(OC(=O)c3ccc(OCCCCCCOC(=O)C=C)cc3)c(C(=N)n3c4ccccc4c4cc(C)ccc43)c2)cc1. The van der Waals surface area contributed by atoms with Crippen LogP contribution in [-0.2, 0) is 19.1 Å². The molecular weight excluding hydrogens is 813 g/mol. The van der Waals surface area contributed by atoms with Gasteiger partial charge in [-0.15, -0.1) is 0 Å². The number of unbranched alkanes of at least 4 members (excludes halogenated alkanes) is 6. The molecule has 0 atom stereocenters. The minimum atomic E-state index is -0.644. The standard InChI is InChI=1S/C52H52N2O10/c1-4-48(55)61-32-14-8-6-12-30-59-39-23-19-37(20-24-39)51(57)63-41-27-29-47(44(35-41)50(53)54-45-17-11-10-16-42(45)43-34-36(3)18-28-46(43)54)64-52(58)38-21-25-40(26-22-38)60-31-13-7-9-15-33-62-49(56)5-2/h4-5,10-11,16-29,34-35,53H,1-2,6-9,12-15,30-33H2,3H3. The number of carbonyl (C=O) groups excluding carboxylic acids is 4. The first-order valence-corrected chi connectivity index (χ1v) is 21.4. The fourth-order valence-corrected chi connectivity index (χ4v) is 6.95. The molecule has 0 fully saturated rings. The molecule has 1 heterocycles. The van der Waals surface area contributed by atoms with Crippen molar-refractivity contribution < 1.29 is 47.6 Å². The molecule has 0 unspecified atom stereocenters. The van der Waals surface area contributed by atoms with Crippen molar-refractivity contribution in [2.45, 2.75) is 58.3 Å². The number of para-hydroxylation sites is 1. The molecule has 0 saturated heterocycles. The van der Waals surface area contributed by atoms with Crippen LogP contribution in [0.2, 0.25) is 0 Å². The van der Waals surface area contributed by atoms with Gasteiger partial charge >= 0.3 is 23.9 Å². The van der Waals surface area contributed by atoms with Gasteiger partial charge in [0.15, 0.2) is 0 Å². The lowest BCUT2D eigenvalue weighted by molar-refractivity contribution is -0.138. The number of rotatable bonds is 23. The minimum Gasteiger partial charge on any atom is -0.494 e. The molecule has 6 rings (SSSR count). The molecule has 0 spiro atoms. The van der Waals surface area contributed by atoms with Crippen LogP contribution in [0.15, 0.2) is 135 Å². The van der Waals surface area contributed by atoms with E-state index < -0.39 is 23.9 Å². The van der Waals surface area contributed by atoms with E-state index >= 15 is 0 Å². The van der Waals surface area contributed by atoms with Crippen LogP contribution >= 0.6 is 0 Å². The van der Waals surface area contributed by atoms with E-state index in [1.807, 2.05) is 43.3 Å².